The SMILES string of the molecule is CCCCCC[C@H]1CO[C@H](c2ccc(-c3ccc(CCCC)cc3)cc2)CO1. The van der Waals surface area contributed by atoms with Crippen LogP contribution in [0.15, 0.2) is 48.5 Å². The third-order valence-electron chi connectivity index (χ3n) is 5.73. The van der Waals surface area contributed by atoms with Crippen molar-refractivity contribution in [3.05, 3.63) is 59.7 Å². The summed E-state index contributed by atoms with van der Waals surface area (Å²) in [7, 11) is 0. The first-order valence-corrected chi connectivity index (χ1v) is 11.2. The standard InChI is InChI=1S/C26H36O2/c1-3-5-7-8-10-25-19-28-26(20-27-25)24-17-15-23(16-18-24)22-13-11-21(12-14-22)9-6-4-2/h11-18,25-26H,3-10,19-20H2,1-2H3/t25-,26-/m0/s1. The summed E-state index contributed by atoms with van der Waals surface area (Å²) in [6.07, 6.45) is 10.3. The van der Waals surface area contributed by atoms with Gasteiger partial charge in [-0.3, -0.25) is 0 Å². The Morgan fingerprint density at radius 2 is 1.39 bits per heavy atom. The van der Waals surface area contributed by atoms with E-state index in [4.69, 9.17) is 9.47 Å². The average molecular weight is 381 g/mol. The molecule has 152 valence electrons. The molecule has 2 aromatic carbocycles. The van der Waals surface area contributed by atoms with E-state index in [0.29, 0.717) is 6.61 Å². The lowest BCUT2D eigenvalue weighted by Gasteiger charge is -2.30. The van der Waals surface area contributed by atoms with Crippen LogP contribution in [0, 0.1) is 0 Å². The maximum atomic E-state index is 6.11. The van der Waals surface area contributed by atoms with E-state index in [2.05, 4.69) is 62.4 Å². The summed E-state index contributed by atoms with van der Waals surface area (Å²) in [6.45, 7) is 5.88. The molecule has 1 heterocycles. The summed E-state index contributed by atoms with van der Waals surface area (Å²) < 4.78 is 12.2. The van der Waals surface area contributed by atoms with Crippen molar-refractivity contribution in [1.29, 1.82) is 0 Å². The lowest BCUT2D eigenvalue weighted by Crippen LogP contribution is -2.31. The Morgan fingerprint density at radius 1 is 0.714 bits per heavy atom. The van der Waals surface area contributed by atoms with Gasteiger partial charge >= 0.3 is 0 Å². The second-order valence-electron chi connectivity index (χ2n) is 8.05. The summed E-state index contributed by atoms with van der Waals surface area (Å²) >= 11 is 0. The Labute approximate surface area is 171 Å². The third kappa shape index (κ3) is 6.18. The van der Waals surface area contributed by atoms with Gasteiger partial charge in [0.05, 0.1) is 19.3 Å². The van der Waals surface area contributed by atoms with Crippen LogP contribution in [-0.2, 0) is 15.9 Å². The van der Waals surface area contributed by atoms with E-state index in [0.717, 1.165) is 13.0 Å². The molecule has 1 saturated heterocycles. The summed E-state index contributed by atoms with van der Waals surface area (Å²) in [5.41, 5.74) is 5.18. The molecular weight excluding hydrogens is 344 g/mol. The maximum absolute atomic E-state index is 6.11. The topological polar surface area (TPSA) is 18.5 Å². The monoisotopic (exact) mass is 380 g/mol. The molecule has 2 heteroatoms. The first kappa shape index (κ1) is 21.1. The van der Waals surface area contributed by atoms with Gasteiger partial charge in [0.15, 0.2) is 0 Å². The van der Waals surface area contributed by atoms with E-state index in [1.165, 1.54) is 67.2 Å². The van der Waals surface area contributed by atoms with Gasteiger partial charge in [0.25, 0.3) is 0 Å². The zero-order valence-electron chi connectivity index (χ0n) is 17.7. The van der Waals surface area contributed by atoms with Crippen LogP contribution >= 0.6 is 0 Å². The van der Waals surface area contributed by atoms with Crippen LogP contribution in [0.1, 0.15) is 76.0 Å². The molecule has 1 fully saturated rings. The highest BCUT2D eigenvalue weighted by Crippen LogP contribution is 2.27. The lowest BCUT2D eigenvalue weighted by molar-refractivity contribution is -0.137. The van der Waals surface area contributed by atoms with E-state index in [1.54, 1.807) is 0 Å². The second kappa shape index (κ2) is 11.4. The molecule has 0 unspecified atom stereocenters. The van der Waals surface area contributed by atoms with Crippen LogP contribution in [-0.4, -0.2) is 19.3 Å². The fourth-order valence-corrected chi connectivity index (χ4v) is 3.84. The Hall–Kier alpha value is -1.64. The molecule has 28 heavy (non-hydrogen) atoms. The van der Waals surface area contributed by atoms with Crippen molar-refractivity contribution in [1.82, 2.24) is 0 Å². The predicted octanol–water partition coefficient (Wildman–Crippen LogP) is 7.12. The molecule has 1 aliphatic rings. The molecule has 0 aliphatic carbocycles. The predicted molar refractivity (Wildman–Crippen MR) is 118 cm³/mol. The summed E-state index contributed by atoms with van der Waals surface area (Å²) in [4.78, 5) is 0. The molecule has 2 nitrogen and oxygen atoms in total. The highest BCUT2D eigenvalue weighted by molar-refractivity contribution is 5.64. The first-order chi connectivity index (χ1) is 13.8. The third-order valence-corrected chi connectivity index (χ3v) is 5.73. The number of unbranched alkanes of at least 4 members (excludes halogenated alkanes) is 4. The summed E-state index contributed by atoms with van der Waals surface area (Å²) in [5, 5.41) is 0. The van der Waals surface area contributed by atoms with Crippen LogP contribution in [0.25, 0.3) is 11.1 Å². The molecule has 0 saturated carbocycles. The minimum absolute atomic E-state index is 0.0670. The fourth-order valence-electron chi connectivity index (χ4n) is 3.84. The van der Waals surface area contributed by atoms with Gasteiger partial charge in [0, 0.05) is 0 Å². The van der Waals surface area contributed by atoms with Crippen molar-refractivity contribution in [2.24, 2.45) is 0 Å². The molecule has 2 atom stereocenters. The number of benzene rings is 2. The first-order valence-electron chi connectivity index (χ1n) is 11.2. The fraction of sp³-hybridized carbons (Fsp3) is 0.538. The second-order valence-corrected chi connectivity index (χ2v) is 8.05. The number of aryl methyl sites for hydroxylation is 1. The highest BCUT2D eigenvalue weighted by Gasteiger charge is 2.23. The van der Waals surface area contributed by atoms with Gasteiger partial charge in [0.1, 0.15) is 6.10 Å². The Bertz CT molecular complexity index is 667. The van der Waals surface area contributed by atoms with Crippen molar-refractivity contribution >= 4 is 0 Å². The molecule has 0 N–H and O–H groups in total. The van der Waals surface area contributed by atoms with Gasteiger partial charge < -0.3 is 9.47 Å². The molecule has 0 radical (unpaired) electrons. The van der Waals surface area contributed by atoms with Crippen LogP contribution < -0.4 is 0 Å². The quantitative estimate of drug-likeness (QED) is 0.408. The maximum Gasteiger partial charge on any atom is 0.106 e. The molecule has 0 aromatic heterocycles. The average Bonchev–Trinajstić information content (AvgIpc) is 2.76. The molecule has 2 aromatic rings. The van der Waals surface area contributed by atoms with Gasteiger partial charge in [0.2, 0.25) is 0 Å². The Morgan fingerprint density at radius 3 is 2.00 bits per heavy atom. The summed E-state index contributed by atoms with van der Waals surface area (Å²) in [5.74, 6) is 0. The highest BCUT2D eigenvalue weighted by atomic mass is 16.6. The minimum atomic E-state index is 0.0670. The number of rotatable bonds is 10. The van der Waals surface area contributed by atoms with Crippen LogP contribution in [0.4, 0.5) is 0 Å². The van der Waals surface area contributed by atoms with Gasteiger partial charge in [-0.15, -0.1) is 0 Å². The van der Waals surface area contributed by atoms with Crippen molar-refractivity contribution in [2.45, 2.75) is 77.4 Å². The van der Waals surface area contributed by atoms with Crippen molar-refractivity contribution < 1.29 is 9.47 Å². The van der Waals surface area contributed by atoms with Gasteiger partial charge in [-0.2, -0.15) is 0 Å². The number of ether oxygens (including phenoxy) is 2. The van der Waals surface area contributed by atoms with E-state index < -0.39 is 0 Å². The van der Waals surface area contributed by atoms with Crippen LogP contribution in [0.2, 0.25) is 0 Å². The van der Waals surface area contributed by atoms with Crippen molar-refractivity contribution in [3.8, 4) is 11.1 Å². The zero-order chi connectivity index (χ0) is 19.6. The smallest absolute Gasteiger partial charge is 0.106 e. The molecule has 0 bridgehead atoms. The molecule has 0 amide bonds. The Balaban J connectivity index is 1.49. The normalized spacial score (nSPS) is 19.6. The van der Waals surface area contributed by atoms with Crippen LogP contribution in [0.3, 0.4) is 0 Å². The molecule has 1 aliphatic heterocycles. The van der Waals surface area contributed by atoms with E-state index in [1.807, 2.05) is 0 Å². The van der Waals surface area contributed by atoms with E-state index in [9.17, 15) is 0 Å². The molecular formula is C26H36O2. The van der Waals surface area contributed by atoms with Gasteiger partial charge in [-0.1, -0.05) is 94.5 Å². The van der Waals surface area contributed by atoms with Gasteiger partial charge in [-0.25, -0.2) is 0 Å². The Kier molecular flexibility index (Phi) is 8.57. The minimum Gasteiger partial charge on any atom is -0.373 e. The van der Waals surface area contributed by atoms with Crippen LogP contribution in [0.5, 0.6) is 0 Å². The number of hydrogen-bond acceptors (Lipinski definition) is 2. The van der Waals surface area contributed by atoms with Crippen molar-refractivity contribution in [2.75, 3.05) is 13.2 Å². The van der Waals surface area contributed by atoms with Gasteiger partial charge in [-0.05, 0) is 41.5 Å². The lowest BCUT2D eigenvalue weighted by atomic mass is 9.99. The van der Waals surface area contributed by atoms with E-state index in [-0.39, 0.29) is 12.2 Å². The number of hydrogen-bond donors (Lipinski definition) is 0. The molecule has 0 spiro atoms. The summed E-state index contributed by atoms with van der Waals surface area (Å²) in [6, 6.07) is 17.8. The molecule has 3 rings (SSSR count). The van der Waals surface area contributed by atoms with Crippen molar-refractivity contribution in [3.63, 3.8) is 0 Å². The zero-order valence-corrected chi connectivity index (χ0v) is 17.7. The van der Waals surface area contributed by atoms with E-state index >= 15 is 0 Å². The largest absolute Gasteiger partial charge is 0.373 e.